The predicted molar refractivity (Wildman–Crippen MR) is 124 cm³/mol. The number of alkyl halides is 4. The summed E-state index contributed by atoms with van der Waals surface area (Å²) < 4.78 is 122. The molecule has 3 heterocycles. The number of pyridine rings is 2. The third-order valence-electron chi connectivity index (χ3n) is 6.40. The van der Waals surface area contributed by atoms with Crippen LogP contribution in [-0.4, -0.2) is 46.7 Å². The number of carbonyl (C=O) groups excluding carboxylic acids is 1. The normalized spacial score (nSPS) is 20.4. The minimum absolute atomic E-state index is 0.0934. The van der Waals surface area contributed by atoms with Gasteiger partial charge in [-0.3, -0.25) is 9.78 Å². The number of carbonyl (C=O) groups is 1. The first-order valence-electron chi connectivity index (χ1n) is 11.5. The maximum Gasteiger partial charge on any atom is 0.436 e. The molecule has 14 heteroatoms. The van der Waals surface area contributed by atoms with Crippen LogP contribution in [0.4, 0.5) is 30.7 Å². The first-order valence-corrected chi connectivity index (χ1v) is 13.0. The molecule has 2 aromatic heterocycles. The Labute approximate surface area is 218 Å². The zero-order valence-corrected chi connectivity index (χ0v) is 20.9. The van der Waals surface area contributed by atoms with Crippen molar-refractivity contribution in [1.82, 2.24) is 14.3 Å². The number of Topliss-reactive ketones (excluding diaryl/α,β-unsaturated/α-hetero) is 1. The number of aryl methyl sites for hydroxylation is 1. The maximum atomic E-state index is 14.6. The van der Waals surface area contributed by atoms with E-state index in [-0.39, 0.29) is 34.6 Å². The molecule has 0 spiro atoms. The first-order chi connectivity index (χ1) is 18.2. The van der Waals surface area contributed by atoms with E-state index in [1.807, 2.05) is 0 Å². The van der Waals surface area contributed by atoms with Crippen molar-refractivity contribution in [1.29, 1.82) is 0 Å². The molecular weight excluding hydrogens is 555 g/mol. The highest BCUT2D eigenvalue weighted by Crippen LogP contribution is 2.35. The van der Waals surface area contributed by atoms with Crippen molar-refractivity contribution in [3.8, 4) is 11.1 Å². The van der Waals surface area contributed by atoms with E-state index in [9.17, 15) is 43.9 Å². The SMILES string of the molecule is C[C@H]1[C@H](F)C[C@@H](C(=O)CCc2cc(-c3cnc(C(F)(F)F)c(F)c3)c(F)cn2)N1S(=O)(=O)c1ccc(F)cc1. The van der Waals surface area contributed by atoms with E-state index >= 15 is 0 Å². The molecule has 6 nitrogen and oxygen atoms in total. The van der Waals surface area contributed by atoms with Crippen molar-refractivity contribution < 1.29 is 43.9 Å². The lowest BCUT2D eigenvalue weighted by molar-refractivity contribution is -0.143. The van der Waals surface area contributed by atoms with Crippen molar-refractivity contribution >= 4 is 15.8 Å². The van der Waals surface area contributed by atoms with Crippen LogP contribution >= 0.6 is 0 Å². The number of aromatic nitrogens is 2. The minimum atomic E-state index is -5.04. The average Bonchev–Trinajstić information content (AvgIpc) is 3.17. The number of hydrogen-bond acceptors (Lipinski definition) is 5. The van der Waals surface area contributed by atoms with Gasteiger partial charge in [0.05, 0.1) is 23.2 Å². The average molecular weight is 576 g/mol. The topological polar surface area (TPSA) is 80.2 Å². The van der Waals surface area contributed by atoms with Gasteiger partial charge >= 0.3 is 6.18 Å². The molecule has 4 rings (SSSR count). The molecule has 0 N–H and O–H groups in total. The van der Waals surface area contributed by atoms with Crippen molar-refractivity contribution in [2.45, 2.75) is 55.5 Å². The van der Waals surface area contributed by atoms with E-state index in [0.29, 0.717) is 12.3 Å². The van der Waals surface area contributed by atoms with Gasteiger partial charge in [0.15, 0.2) is 17.3 Å². The summed E-state index contributed by atoms with van der Waals surface area (Å²) in [5.74, 6) is -4.01. The largest absolute Gasteiger partial charge is 0.436 e. The van der Waals surface area contributed by atoms with Gasteiger partial charge in [-0.05, 0) is 49.7 Å². The third kappa shape index (κ3) is 5.81. The van der Waals surface area contributed by atoms with Crippen molar-refractivity contribution in [3.05, 3.63) is 77.6 Å². The molecule has 39 heavy (non-hydrogen) atoms. The highest BCUT2D eigenvalue weighted by molar-refractivity contribution is 7.89. The Morgan fingerprint density at radius 3 is 2.31 bits per heavy atom. The molecule has 1 aromatic carbocycles. The van der Waals surface area contributed by atoms with E-state index in [1.165, 1.54) is 6.92 Å². The van der Waals surface area contributed by atoms with E-state index < -0.39 is 69.8 Å². The lowest BCUT2D eigenvalue weighted by atomic mass is 10.0. The molecule has 3 atom stereocenters. The van der Waals surface area contributed by atoms with E-state index in [2.05, 4.69) is 9.97 Å². The fraction of sp³-hybridized carbons (Fsp3) is 0.320. The van der Waals surface area contributed by atoms with E-state index in [4.69, 9.17) is 0 Å². The van der Waals surface area contributed by atoms with Gasteiger partial charge in [-0.2, -0.15) is 17.5 Å². The van der Waals surface area contributed by atoms with Gasteiger partial charge < -0.3 is 0 Å². The molecule has 0 saturated carbocycles. The summed E-state index contributed by atoms with van der Waals surface area (Å²) in [6.07, 6.45) is -6.19. The number of benzene rings is 1. The second kappa shape index (κ2) is 10.6. The highest BCUT2D eigenvalue weighted by atomic mass is 32.2. The summed E-state index contributed by atoms with van der Waals surface area (Å²) in [5, 5.41) is 0. The predicted octanol–water partition coefficient (Wildman–Crippen LogP) is 5.27. The molecular formula is C25H20F7N3O3S. The number of sulfonamides is 1. The molecule has 3 aromatic rings. The van der Waals surface area contributed by atoms with Crippen molar-refractivity contribution in [2.75, 3.05) is 0 Å². The Morgan fingerprint density at radius 1 is 1.03 bits per heavy atom. The third-order valence-corrected chi connectivity index (χ3v) is 8.41. The zero-order chi connectivity index (χ0) is 28.7. The summed E-state index contributed by atoms with van der Waals surface area (Å²) in [4.78, 5) is 19.6. The van der Waals surface area contributed by atoms with Crippen LogP contribution in [0, 0.1) is 17.5 Å². The highest BCUT2D eigenvalue weighted by Gasteiger charge is 2.48. The Bertz CT molecular complexity index is 1500. The minimum Gasteiger partial charge on any atom is -0.298 e. The monoisotopic (exact) mass is 575 g/mol. The summed E-state index contributed by atoms with van der Waals surface area (Å²) in [6, 6.07) is 2.91. The molecule has 0 radical (unpaired) electrons. The van der Waals surface area contributed by atoms with Gasteiger partial charge in [-0.15, -0.1) is 0 Å². The van der Waals surface area contributed by atoms with E-state index in [1.54, 1.807) is 0 Å². The Kier molecular flexibility index (Phi) is 7.81. The molecule has 1 fully saturated rings. The number of halogens is 7. The van der Waals surface area contributed by atoms with Crippen LogP contribution in [0.1, 0.15) is 31.2 Å². The van der Waals surface area contributed by atoms with Crippen molar-refractivity contribution in [2.24, 2.45) is 0 Å². The maximum absolute atomic E-state index is 14.6. The Balaban J connectivity index is 1.54. The molecule has 1 aliphatic heterocycles. The van der Waals surface area contributed by atoms with Crippen molar-refractivity contribution in [3.63, 3.8) is 0 Å². The van der Waals surface area contributed by atoms with E-state index in [0.717, 1.165) is 40.8 Å². The molecule has 0 aliphatic carbocycles. The van der Waals surface area contributed by atoms with Gasteiger partial charge in [0.2, 0.25) is 10.0 Å². The quantitative estimate of drug-likeness (QED) is 0.359. The number of hydrogen-bond donors (Lipinski definition) is 0. The number of rotatable bonds is 7. The second-order valence-electron chi connectivity index (χ2n) is 8.97. The van der Waals surface area contributed by atoms with Crippen LogP contribution in [-0.2, 0) is 27.4 Å². The van der Waals surface area contributed by atoms with Crippen LogP contribution in [0.15, 0.2) is 53.7 Å². The summed E-state index contributed by atoms with van der Waals surface area (Å²) in [7, 11) is -4.36. The van der Waals surface area contributed by atoms with Gasteiger partial charge in [0.1, 0.15) is 17.8 Å². The fourth-order valence-corrected chi connectivity index (χ4v) is 6.23. The standard InChI is InChI=1S/C25H20F7N3O3S/c1-13-19(27)10-22(35(13)39(37,38)17-5-2-15(26)3-6-17)23(36)7-4-16-9-18(21(29)12-33-16)14-8-20(28)24(34-11-14)25(30,31)32/h2-3,5-6,8-9,11-13,19,22H,4,7,10H2,1H3/t13-,19+,22-/m0/s1. The van der Waals surface area contributed by atoms with Crippen LogP contribution in [0.2, 0.25) is 0 Å². The number of ketones is 1. The second-order valence-corrected chi connectivity index (χ2v) is 10.8. The van der Waals surface area contributed by atoms with Crippen LogP contribution < -0.4 is 0 Å². The molecule has 1 saturated heterocycles. The van der Waals surface area contributed by atoms with Crippen LogP contribution in [0.5, 0.6) is 0 Å². The number of nitrogens with zero attached hydrogens (tertiary/aromatic N) is 3. The summed E-state index contributed by atoms with van der Waals surface area (Å²) in [5.41, 5.74) is -2.28. The fourth-order valence-electron chi connectivity index (χ4n) is 4.40. The van der Waals surface area contributed by atoms with Crippen LogP contribution in [0.3, 0.4) is 0 Å². The van der Waals surface area contributed by atoms with Gasteiger partial charge in [-0.25, -0.2) is 31.0 Å². The van der Waals surface area contributed by atoms with Gasteiger partial charge in [0.25, 0.3) is 0 Å². The first kappa shape index (κ1) is 28.6. The lowest BCUT2D eigenvalue weighted by Gasteiger charge is -2.26. The van der Waals surface area contributed by atoms with Gasteiger partial charge in [0, 0.05) is 35.9 Å². The summed E-state index contributed by atoms with van der Waals surface area (Å²) >= 11 is 0. The smallest absolute Gasteiger partial charge is 0.298 e. The lowest BCUT2D eigenvalue weighted by Crippen LogP contribution is -2.44. The molecule has 208 valence electrons. The van der Waals surface area contributed by atoms with Gasteiger partial charge in [-0.1, -0.05) is 0 Å². The molecule has 0 bridgehead atoms. The Morgan fingerprint density at radius 2 is 1.69 bits per heavy atom. The zero-order valence-electron chi connectivity index (χ0n) is 20.1. The molecule has 1 aliphatic rings. The van der Waals surface area contributed by atoms with Crippen LogP contribution in [0.25, 0.3) is 11.1 Å². The summed E-state index contributed by atoms with van der Waals surface area (Å²) in [6.45, 7) is 1.31. The molecule has 0 amide bonds. The Hall–Kier alpha value is -3.39. The molecule has 0 unspecified atom stereocenters.